The lowest BCUT2D eigenvalue weighted by molar-refractivity contribution is 0.172. The van der Waals surface area contributed by atoms with Crippen molar-refractivity contribution in [1.29, 1.82) is 0 Å². The number of benzene rings is 1. The monoisotopic (exact) mass is 233 g/mol. The number of rotatable bonds is 4. The van der Waals surface area contributed by atoms with Crippen molar-refractivity contribution >= 4 is 11.6 Å². The molecule has 0 spiro atoms. The maximum absolute atomic E-state index is 13.5. The second kappa shape index (κ2) is 5.30. The van der Waals surface area contributed by atoms with Gasteiger partial charge >= 0.3 is 0 Å². The van der Waals surface area contributed by atoms with Gasteiger partial charge in [-0.05, 0) is 13.1 Å². The summed E-state index contributed by atoms with van der Waals surface area (Å²) in [4.78, 5) is 0. The first-order valence-electron chi connectivity index (χ1n) is 4.45. The normalized spacial score (nSPS) is 12.6. The molecule has 1 atom stereocenters. The lowest BCUT2D eigenvalue weighted by Crippen LogP contribution is -2.17. The Balaban J connectivity index is 3.09. The molecule has 0 radical (unpaired) electrons. The molecule has 1 aromatic rings. The minimum absolute atomic E-state index is 0.0560. The zero-order valence-corrected chi connectivity index (χ0v) is 9.31. The highest BCUT2D eigenvalue weighted by Gasteiger charge is 2.16. The van der Waals surface area contributed by atoms with E-state index in [2.05, 4.69) is 5.32 Å². The number of hydrogen-bond acceptors (Lipinski definition) is 3. The number of aliphatic hydroxyl groups is 1. The van der Waals surface area contributed by atoms with E-state index in [0.29, 0.717) is 5.75 Å². The Hall–Kier alpha value is -0.840. The number of methoxy groups -OCH3 is 1. The highest BCUT2D eigenvalue weighted by Crippen LogP contribution is 2.28. The summed E-state index contributed by atoms with van der Waals surface area (Å²) in [6.45, 7) is 0.250. The molecule has 5 heteroatoms. The van der Waals surface area contributed by atoms with Gasteiger partial charge in [-0.2, -0.15) is 0 Å². The van der Waals surface area contributed by atoms with Crippen molar-refractivity contribution in [3.05, 3.63) is 28.5 Å². The molecule has 15 heavy (non-hydrogen) atoms. The van der Waals surface area contributed by atoms with Crippen LogP contribution in [0.25, 0.3) is 0 Å². The molecule has 0 aliphatic rings. The molecule has 0 aliphatic carbocycles. The minimum Gasteiger partial charge on any atom is -0.497 e. The number of hydrogen-bond donors (Lipinski definition) is 2. The standard InChI is InChI=1S/C10H13ClFNO2/c1-13-5-9(14)7-3-6(15-2)4-8(11)10(7)12/h3-4,9,13-14H,5H2,1-2H3. The Bertz CT molecular complexity index is 346. The third kappa shape index (κ3) is 2.81. The zero-order chi connectivity index (χ0) is 11.4. The van der Waals surface area contributed by atoms with E-state index in [1.807, 2.05) is 0 Å². The number of nitrogens with one attached hydrogen (secondary N) is 1. The largest absolute Gasteiger partial charge is 0.497 e. The van der Waals surface area contributed by atoms with E-state index in [1.54, 1.807) is 7.05 Å². The predicted octanol–water partition coefficient (Wildman–Crippen LogP) is 1.74. The van der Waals surface area contributed by atoms with Gasteiger partial charge in [0.1, 0.15) is 11.6 Å². The van der Waals surface area contributed by atoms with E-state index in [-0.39, 0.29) is 17.1 Å². The maximum Gasteiger partial charge on any atom is 0.147 e. The molecule has 0 fully saturated rings. The summed E-state index contributed by atoms with van der Waals surface area (Å²) in [6.07, 6.45) is -0.942. The van der Waals surface area contributed by atoms with E-state index in [4.69, 9.17) is 16.3 Å². The Morgan fingerprint density at radius 3 is 2.80 bits per heavy atom. The maximum atomic E-state index is 13.5. The summed E-state index contributed by atoms with van der Waals surface area (Å²) in [5.41, 5.74) is 0.133. The molecule has 0 amide bonds. The van der Waals surface area contributed by atoms with Crippen LogP contribution in [0.1, 0.15) is 11.7 Å². The molecule has 1 rings (SSSR count). The van der Waals surface area contributed by atoms with Gasteiger partial charge in [0.05, 0.1) is 18.2 Å². The van der Waals surface area contributed by atoms with Crippen molar-refractivity contribution in [2.45, 2.75) is 6.10 Å². The lowest BCUT2D eigenvalue weighted by atomic mass is 10.1. The molecule has 0 saturated carbocycles. The van der Waals surface area contributed by atoms with Crippen LogP contribution in [0.2, 0.25) is 5.02 Å². The summed E-state index contributed by atoms with van der Waals surface area (Å²) >= 11 is 5.66. The van der Waals surface area contributed by atoms with Crippen molar-refractivity contribution in [3.8, 4) is 5.75 Å². The van der Waals surface area contributed by atoms with Crippen LogP contribution < -0.4 is 10.1 Å². The van der Waals surface area contributed by atoms with Crippen LogP contribution in [0.15, 0.2) is 12.1 Å². The zero-order valence-electron chi connectivity index (χ0n) is 8.55. The fourth-order valence-electron chi connectivity index (χ4n) is 1.25. The summed E-state index contributed by atoms with van der Waals surface area (Å²) in [6, 6.07) is 2.80. The molecule has 0 aliphatic heterocycles. The second-order valence-electron chi connectivity index (χ2n) is 3.09. The number of aliphatic hydroxyl groups excluding tert-OH is 1. The molecule has 84 valence electrons. The summed E-state index contributed by atoms with van der Waals surface area (Å²) < 4.78 is 18.5. The lowest BCUT2D eigenvalue weighted by Gasteiger charge is -2.13. The van der Waals surface area contributed by atoms with E-state index in [9.17, 15) is 9.50 Å². The van der Waals surface area contributed by atoms with Gasteiger partial charge in [-0.3, -0.25) is 0 Å². The first-order valence-corrected chi connectivity index (χ1v) is 4.83. The fourth-order valence-corrected chi connectivity index (χ4v) is 1.46. The first-order chi connectivity index (χ1) is 7.10. The average Bonchev–Trinajstić information content (AvgIpc) is 2.22. The molecular weight excluding hydrogens is 221 g/mol. The van der Waals surface area contributed by atoms with Gasteiger partial charge in [-0.1, -0.05) is 11.6 Å². The minimum atomic E-state index is -0.942. The smallest absolute Gasteiger partial charge is 0.147 e. The molecule has 1 unspecified atom stereocenters. The fraction of sp³-hybridized carbons (Fsp3) is 0.400. The first kappa shape index (κ1) is 12.2. The third-order valence-corrected chi connectivity index (χ3v) is 2.30. The molecule has 2 N–H and O–H groups in total. The van der Waals surface area contributed by atoms with Crippen LogP contribution in [0, 0.1) is 5.82 Å². The van der Waals surface area contributed by atoms with Gasteiger partial charge in [-0.15, -0.1) is 0 Å². The quantitative estimate of drug-likeness (QED) is 0.833. The second-order valence-corrected chi connectivity index (χ2v) is 3.49. The highest BCUT2D eigenvalue weighted by atomic mass is 35.5. The molecule has 0 aromatic heterocycles. The van der Waals surface area contributed by atoms with Crippen molar-refractivity contribution in [2.24, 2.45) is 0 Å². The third-order valence-electron chi connectivity index (χ3n) is 2.02. The Labute approximate surface area is 92.8 Å². The van der Waals surface area contributed by atoms with Crippen molar-refractivity contribution in [1.82, 2.24) is 5.32 Å². The van der Waals surface area contributed by atoms with Crippen molar-refractivity contribution in [3.63, 3.8) is 0 Å². The topological polar surface area (TPSA) is 41.5 Å². The summed E-state index contributed by atoms with van der Waals surface area (Å²) in [5, 5.41) is 12.3. The van der Waals surface area contributed by atoms with E-state index in [0.717, 1.165) is 0 Å². The van der Waals surface area contributed by atoms with Gasteiger partial charge in [0.15, 0.2) is 0 Å². The van der Waals surface area contributed by atoms with Crippen LogP contribution in [-0.4, -0.2) is 25.8 Å². The Morgan fingerprint density at radius 1 is 1.60 bits per heavy atom. The molecule has 0 saturated heterocycles. The van der Waals surface area contributed by atoms with Crippen LogP contribution >= 0.6 is 11.6 Å². The van der Waals surface area contributed by atoms with E-state index in [1.165, 1.54) is 19.2 Å². The summed E-state index contributed by atoms with van der Waals surface area (Å²) in [5.74, 6) is -0.188. The highest BCUT2D eigenvalue weighted by molar-refractivity contribution is 6.31. The Kier molecular flexibility index (Phi) is 4.32. The van der Waals surface area contributed by atoms with Gasteiger partial charge in [0, 0.05) is 18.2 Å². The van der Waals surface area contributed by atoms with E-state index >= 15 is 0 Å². The van der Waals surface area contributed by atoms with Gasteiger partial charge in [0.2, 0.25) is 0 Å². The predicted molar refractivity (Wildman–Crippen MR) is 56.8 cm³/mol. The number of ether oxygens (including phenoxy) is 1. The van der Waals surface area contributed by atoms with Crippen molar-refractivity contribution in [2.75, 3.05) is 20.7 Å². The molecule has 0 heterocycles. The Morgan fingerprint density at radius 2 is 2.27 bits per heavy atom. The van der Waals surface area contributed by atoms with Gasteiger partial charge in [0.25, 0.3) is 0 Å². The molecular formula is C10H13ClFNO2. The van der Waals surface area contributed by atoms with E-state index < -0.39 is 11.9 Å². The van der Waals surface area contributed by atoms with Crippen LogP contribution in [0.4, 0.5) is 4.39 Å². The average molecular weight is 234 g/mol. The van der Waals surface area contributed by atoms with Gasteiger partial charge < -0.3 is 15.2 Å². The van der Waals surface area contributed by atoms with Crippen LogP contribution in [0.3, 0.4) is 0 Å². The SMILES string of the molecule is CNCC(O)c1cc(OC)cc(Cl)c1F. The van der Waals surface area contributed by atoms with Crippen molar-refractivity contribution < 1.29 is 14.2 Å². The van der Waals surface area contributed by atoms with Crippen LogP contribution in [0.5, 0.6) is 5.75 Å². The molecule has 1 aromatic carbocycles. The van der Waals surface area contributed by atoms with Crippen LogP contribution in [-0.2, 0) is 0 Å². The molecule has 3 nitrogen and oxygen atoms in total. The van der Waals surface area contributed by atoms with Gasteiger partial charge in [-0.25, -0.2) is 4.39 Å². The number of likely N-dealkylation sites (N-methyl/N-ethyl adjacent to an activating group) is 1. The summed E-state index contributed by atoms with van der Waals surface area (Å²) in [7, 11) is 3.13. The number of halogens is 2. The molecule has 0 bridgehead atoms.